The van der Waals surface area contributed by atoms with Crippen molar-refractivity contribution in [2.24, 2.45) is 0 Å². The van der Waals surface area contributed by atoms with Crippen molar-refractivity contribution in [2.75, 3.05) is 7.11 Å². The van der Waals surface area contributed by atoms with E-state index in [1.54, 1.807) is 17.9 Å². The van der Waals surface area contributed by atoms with Gasteiger partial charge in [0, 0.05) is 6.07 Å². The molecule has 0 amide bonds. The molecule has 0 spiro atoms. The molecule has 0 fully saturated rings. The van der Waals surface area contributed by atoms with Gasteiger partial charge in [-0.15, -0.1) is 0 Å². The topological polar surface area (TPSA) is 52.8 Å². The Morgan fingerprint density at radius 3 is 2.62 bits per heavy atom. The summed E-state index contributed by atoms with van der Waals surface area (Å²) < 4.78 is 6.93. The van der Waals surface area contributed by atoms with E-state index in [1.165, 1.54) is 6.33 Å². The van der Waals surface area contributed by atoms with Crippen LogP contribution in [0.4, 0.5) is 0 Å². The van der Waals surface area contributed by atoms with E-state index in [0.717, 1.165) is 17.1 Å². The number of ether oxygens (including phenoxy) is 1. The van der Waals surface area contributed by atoms with Crippen LogP contribution in [0.25, 0.3) is 5.82 Å². The largest absolute Gasteiger partial charge is 0.493 e. The molecule has 5 nitrogen and oxygen atoms in total. The van der Waals surface area contributed by atoms with Gasteiger partial charge in [-0.3, -0.25) is 0 Å². The van der Waals surface area contributed by atoms with Gasteiger partial charge in [0.05, 0.1) is 12.8 Å². The minimum Gasteiger partial charge on any atom is -0.493 e. The average Bonchev–Trinajstić information content (AvgIpc) is 2.54. The van der Waals surface area contributed by atoms with Crippen LogP contribution in [-0.4, -0.2) is 26.9 Å². The number of rotatable bonds is 2. The molecule has 0 N–H and O–H groups in total. The third kappa shape index (κ3) is 1.74. The van der Waals surface area contributed by atoms with E-state index in [2.05, 4.69) is 15.1 Å². The van der Waals surface area contributed by atoms with E-state index in [1.807, 2.05) is 13.8 Å². The SMILES string of the molecule is COc1c(C)nn(-c2cc(Cl)ncn2)c1C. The molecule has 6 heteroatoms. The van der Waals surface area contributed by atoms with E-state index in [0.29, 0.717) is 11.0 Å². The summed E-state index contributed by atoms with van der Waals surface area (Å²) in [6.45, 7) is 3.79. The van der Waals surface area contributed by atoms with Gasteiger partial charge < -0.3 is 4.74 Å². The van der Waals surface area contributed by atoms with Crippen LogP contribution in [0.3, 0.4) is 0 Å². The van der Waals surface area contributed by atoms with E-state index in [9.17, 15) is 0 Å². The van der Waals surface area contributed by atoms with Crippen molar-refractivity contribution in [1.29, 1.82) is 0 Å². The van der Waals surface area contributed by atoms with Crippen molar-refractivity contribution in [3.8, 4) is 11.6 Å². The molecule has 0 saturated carbocycles. The van der Waals surface area contributed by atoms with E-state index < -0.39 is 0 Å². The van der Waals surface area contributed by atoms with Crippen LogP contribution in [0, 0.1) is 13.8 Å². The smallest absolute Gasteiger partial charge is 0.163 e. The first-order chi connectivity index (χ1) is 7.63. The molecule has 84 valence electrons. The molecule has 0 atom stereocenters. The molecule has 0 aliphatic rings. The lowest BCUT2D eigenvalue weighted by atomic mass is 10.3. The first-order valence-electron chi connectivity index (χ1n) is 4.71. The average molecular weight is 239 g/mol. The lowest BCUT2D eigenvalue weighted by Crippen LogP contribution is -2.02. The Morgan fingerprint density at radius 2 is 2.06 bits per heavy atom. The van der Waals surface area contributed by atoms with Gasteiger partial charge in [0.2, 0.25) is 0 Å². The van der Waals surface area contributed by atoms with Crippen molar-refractivity contribution in [3.63, 3.8) is 0 Å². The Kier molecular flexibility index (Phi) is 2.78. The number of hydrogen-bond donors (Lipinski definition) is 0. The molecule has 16 heavy (non-hydrogen) atoms. The number of aromatic nitrogens is 4. The minimum absolute atomic E-state index is 0.386. The summed E-state index contributed by atoms with van der Waals surface area (Å²) in [7, 11) is 1.62. The van der Waals surface area contributed by atoms with Gasteiger partial charge >= 0.3 is 0 Å². The van der Waals surface area contributed by atoms with E-state index >= 15 is 0 Å². The molecule has 0 aromatic carbocycles. The molecule has 0 aliphatic carbocycles. The van der Waals surface area contributed by atoms with Crippen molar-refractivity contribution >= 4 is 11.6 Å². The normalized spacial score (nSPS) is 10.5. The highest BCUT2D eigenvalue weighted by Crippen LogP contribution is 2.24. The van der Waals surface area contributed by atoms with Crippen LogP contribution in [0.15, 0.2) is 12.4 Å². The quantitative estimate of drug-likeness (QED) is 0.751. The fourth-order valence-corrected chi connectivity index (χ4v) is 1.73. The molecule has 2 heterocycles. The number of aryl methyl sites for hydroxylation is 1. The molecule has 0 saturated heterocycles. The zero-order valence-electron chi connectivity index (χ0n) is 9.23. The number of nitrogens with zero attached hydrogens (tertiary/aromatic N) is 4. The Bertz CT molecular complexity index is 524. The summed E-state index contributed by atoms with van der Waals surface area (Å²) in [5.41, 5.74) is 1.70. The van der Waals surface area contributed by atoms with Crippen LogP contribution in [0.1, 0.15) is 11.4 Å². The third-order valence-corrected chi connectivity index (χ3v) is 2.47. The van der Waals surface area contributed by atoms with E-state index in [4.69, 9.17) is 16.3 Å². The standard InChI is InChI=1S/C10H11ClN4O/c1-6-10(16-3)7(2)15(14-6)9-4-8(11)12-5-13-9/h4-5H,1-3H3. The zero-order valence-corrected chi connectivity index (χ0v) is 9.99. The lowest BCUT2D eigenvalue weighted by molar-refractivity contribution is 0.408. The van der Waals surface area contributed by atoms with Gasteiger partial charge in [0.1, 0.15) is 17.2 Å². The van der Waals surface area contributed by atoms with E-state index in [-0.39, 0.29) is 0 Å². The predicted octanol–water partition coefficient (Wildman–Crippen LogP) is 1.94. The second-order valence-electron chi connectivity index (χ2n) is 3.31. The van der Waals surface area contributed by atoms with Crippen LogP contribution in [-0.2, 0) is 0 Å². The number of halogens is 1. The molecule has 0 unspecified atom stereocenters. The molecule has 0 bridgehead atoms. The lowest BCUT2D eigenvalue weighted by Gasteiger charge is -2.03. The number of methoxy groups -OCH3 is 1. The number of hydrogen-bond acceptors (Lipinski definition) is 4. The molecule has 0 aliphatic heterocycles. The summed E-state index contributed by atoms with van der Waals surface area (Å²) in [5, 5.41) is 4.72. The van der Waals surface area contributed by atoms with Crippen molar-refractivity contribution in [1.82, 2.24) is 19.7 Å². The maximum Gasteiger partial charge on any atom is 0.163 e. The summed E-state index contributed by atoms with van der Waals surface area (Å²) in [6, 6.07) is 1.65. The summed E-state index contributed by atoms with van der Waals surface area (Å²) in [4.78, 5) is 7.94. The highest BCUT2D eigenvalue weighted by molar-refractivity contribution is 6.29. The maximum absolute atomic E-state index is 5.80. The van der Waals surface area contributed by atoms with Crippen molar-refractivity contribution in [2.45, 2.75) is 13.8 Å². The maximum atomic E-state index is 5.80. The highest BCUT2D eigenvalue weighted by atomic mass is 35.5. The Hall–Kier alpha value is -1.62. The van der Waals surface area contributed by atoms with Gasteiger partial charge in [0.15, 0.2) is 11.6 Å². The Balaban J connectivity index is 2.56. The Labute approximate surface area is 98.0 Å². The molecular formula is C10H11ClN4O. The van der Waals surface area contributed by atoms with Gasteiger partial charge in [0.25, 0.3) is 0 Å². The fourth-order valence-electron chi connectivity index (χ4n) is 1.59. The molecule has 2 aromatic rings. The van der Waals surface area contributed by atoms with Crippen molar-refractivity contribution < 1.29 is 4.74 Å². The predicted molar refractivity (Wildman–Crippen MR) is 60.2 cm³/mol. The summed E-state index contributed by atoms with van der Waals surface area (Å²) in [6.07, 6.45) is 1.40. The Morgan fingerprint density at radius 1 is 1.31 bits per heavy atom. The van der Waals surface area contributed by atoms with Crippen LogP contribution in [0.2, 0.25) is 5.15 Å². The first kappa shape index (κ1) is 10.9. The molecular weight excluding hydrogens is 228 g/mol. The van der Waals surface area contributed by atoms with Gasteiger partial charge in [-0.05, 0) is 13.8 Å². The van der Waals surface area contributed by atoms with Crippen molar-refractivity contribution in [3.05, 3.63) is 28.9 Å². The van der Waals surface area contributed by atoms with Crippen LogP contribution in [0.5, 0.6) is 5.75 Å². The zero-order chi connectivity index (χ0) is 11.7. The monoisotopic (exact) mass is 238 g/mol. The summed E-state index contributed by atoms with van der Waals surface area (Å²) in [5.74, 6) is 1.39. The first-order valence-corrected chi connectivity index (χ1v) is 5.09. The minimum atomic E-state index is 0.386. The van der Waals surface area contributed by atoms with Crippen LogP contribution >= 0.6 is 11.6 Å². The molecule has 0 radical (unpaired) electrons. The van der Waals surface area contributed by atoms with Gasteiger partial charge in [-0.1, -0.05) is 11.6 Å². The third-order valence-electron chi connectivity index (χ3n) is 2.27. The summed E-state index contributed by atoms with van der Waals surface area (Å²) >= 11 is 5.80. The molecule has 2 aromatic heterocycles. The molecule has 2 rings (SSSR count). The fraction of sp³-hybridized carbons (Fsp3) is 0.300. The highest BCUT2D eigenvalue weighted by Gasteiger charge is 2.13. The van der Waals surface area contributed by atoms with Gasteiger partial charge in [-0.2, -0.15) is 5.10 Å². The van der Waals surface area contributed by atoms with Crippen LogP contribution < -0.4 is 4.74 Å². The second-order valence-corrected chi connectivity index (χ2v) is 3.70. The van der Waals surface area contributed by atoms with Gasteiger partial charge in [-0.25, -0.2) is 14.6 Å². The second kappa shape index (κ2) is 4.09.